The monoisotopic (exact) mass is 200 g/mol. The van der Waals surface area contributed by atoms with Crippen LogP contribution in [0.25, 0.3) is 6.08 Å². The standard InChI is InChI=1S/C8H8.H4N2O2S/c1-2-8-6-4-3-5-7-8;1-5(2,3)4/h2-7H,1H2;(H4,1,2,3,4). The average molecular weight is 200 g/mol. The van der Waals surface area contributed by atoms with Crippen LogP contribution in [0.15, 0.2) is 36.9 Å². The molecule has 13 heavy (non-hydrogen) atoms. The van der Waals surface area contributed by atoms with Gasteiger partial charge < -0.3 is 0 Å². The molecule has 0 aromatic heterocycles. The molecule has 0 bridgehead atoms. The first-order chi connectivity index (χ1) is 5.93. The van der Waals surface area contributed by atoms with Crippen molar-refractivity contribution < 1.29 is 8.42 Å². The van der Waals surface area contributed by atoms with Crippen LogP contribution in [0.4, 0.5) is 0 Å². The number of hydrogen-bond acceptors (Lipinski definition) is 2. The summed E-state index contributed by atoms with van der Waals surface area (Å²) in [4.78, 5) is 0. The molecule has 1 aromatic rings. The van der Waals surface area contributed by atoms with Crippen molar-refractivity contribution in [1.29, 1.82) is 0 Å². The summed E-state index contributed by atoms with van der Waals surface area (Å²) < 4.78 is 18.4. The Labute approximate surface area is 78.1 Å². The lowest BCUT2D eigenvalue weighted by molar-refractivity contribution is 0.599. The van der Waals surface area contributed by atoms with Gasteiger partial charge in [0.05, 0.1) is 0 Å². The van der Waals surface area contributed by atoms with Crippen molar-refractivity contribution in [2.75, 3.05) is 0 Å². The first-order valence-corrected chi connectivity index (χ1v) is 5.02. The van der Waals surface area contributed by atoms with Crippen LogP contribution in [0, 0.1) is 0 Å². The minimum absolute atomic E-state index is 1.17. The van der Waals surface area contributed by atoms with Gasteiger partial charge in [-0.3, -0.25) is 0 Å². The van der Waals surface area contributed by atoms with Crippen molar-refractivity contribution in [3.8, 4) is 0 Å². The van der Waals surface area contributed by atoms with E-state index in [1.54, 1.807) is 0 Å². The average Bonchev–Trinajstić information content (AvgIpc) is 2.03. The molecule has 72 valence electrons. The lowest BCUT2D eigenvalue weighted by Crippen LogP contribution is -2.21. The van der Waals surface area contributed by atoms with Crippen LogP contribution in [0.1, 0.15) is 5.56 Å². The van der Waals surface area contributed by atoms with E-state index < -0.39 is 10.2 Å². The first-order valence-electron chi connectivity index (χ1n) is 3.41. The Bertz CT molecular complexity index is 338. The molecule has 0 radical (unpaired) electrons. The van der Waals surface area contributed by atoms with Crippen molar-refractivity contribution in [2.45, 2.75) is 0 Å². The SMILES string of the molecule is C=Cc1ccccc1.NS(N)(=O)=O. The molecule has 0 saturated heterocycles. The molecule has 0 unspecified atom stereocenters. The third-order valence-corrected chi connectivity index (χ3v) is 1.04. The summed E-state index contributed by atoms with van der Waals surface area (Å²) in [6.07, 6.45) is 1.83. The van der Waals surface area contributed by atoms with Crippen LogP contribution in [0.2, 0.25) is 0 Å². The van der Waals surface area contributed by atoms with Gasteiger partial charge in [-0.15, -0.1) is 0 Å². The van der Waals surface area contributed by atoms with Crippen molar-refractivity contribution in [1.82, 2.24) is 0 Å². The molecule has 1 aromatic carbocycles. The van der Waals surface area contributed by atoms with Gasteiger partial charge in [-0.05, 0) is 5.56 Å². The summed E-state index contributed by atoms with van der Waals surface area (Å²) in [6.45, 7) is 3.63. The highest BCUT2D eigenvalue weighted by Crippen LogP contribution is 1.97. The molecule has 0 fully saturated rings. The van der Waals surface area contributed by atoms with Gasteiger partial charge in [0.2, 0.25) is 0 Å². The fourth-order valence-electron chi connectivity index (χ4n) is 0.589. The molecular weight excluding hydrogens is 188 g/mol. The summed E-state index contributed by atoms with van der Waals surface area (Å²) >= 11 is 0. The topological polar surface area (TPSA) is 86.2 Å². The lowest BCUT2D eigenvalue weighted by Gasteiger charge is -1.85. The van der Waals surface area contributed by atoms with Crippen LogP contribution in [-0.2, 0) is 10.2 Å². The molecule has 5 heteroatoms. The summed E-state index contributed by atoms with van der Waals surface area (Å²) in [5.74, 6) is 0. The zero-order valence-electron chi connectivity index (χ0n) is 7.05. The summed E-state index contributed by atoms with van der Waals surface area (Å²) in [7, 11) is -3.67. The van der Waals surface area contributed by atoms with Gasteiger partial charge in [0, 0.05) is 0 Å². The number of rotatable bonds is 1. The van der Waals surface area contributed by atoms with E-state index in [-0.39, 0.29) is 0 Å². The minimum atomic E-state index is -3.67. The molecule has 0 amide bonds. The molecule has 0 saturated carbocycles. The lowest BCUT2D eigenvalue weighted by atomic mass is 10.2. The predicted octanol–water partition coefficient (Wildman–Crippen LogP) is 0.478. The third kappa shape index (κ3) is 10.8. The van der Waals surface area contributed by atoms with Crippen molar-refractivity contribution in [2.24, 2.45) is 10.3 Å². The van der Waals surface area contributed by atoms with Crippen molar-refractivity contribution >= 4 is 16.3 Å². The Hall–Kier alpha value is -1.17. The second-order valence-electron chi connectivity index (χ2n) is 2.20. The van der Waals surface area contributed by atoms with E-state index in [0.717, 1.165) is 0 Å². The number of nitrogens with two attached hydrogens (primary N) is 2. The Morgan fingerprint density at radius 2 is 1.54 bits per heavy atom. The van der Waals surface area contributed by atoms with E-state index in [1.165, 1.54) is 5.56 Å². The molecule has 1 rings (SSSR count). The maximum Gasteiger partial charge on any atom is 0.271 e. The Kier molecular flexibility index (Phi) is 4.98. The fraction of sp³-hybridized carbons (Fsp3) is 0. The molecule has 0 aliphatic carbocycles. The Morgan fingerprint density at radius 3 is 1.77 bits per heavy atom. The van der Waals surface area contributed by atoms with Crippen LogP contribution in [0.5, 0.6) is 0 Å². The highest BCUT2D eigenvalue weighted by atomic mass is 32.2. The largest absolute Gasteiger partial charge is 0.271 e. The van der Waals surface area contributed by atoms with E-state index in [9.17, 15) is 8.42 Å². The third-order valence-electron chi connectivity index (χ3n) is 1.04. The molecule has 0 spiro atoms. The van der Waals surface area contributed by atoms with Gasteiger partial charge in [0.25, 0.3) is 10.2 Å². The molecule has 0 atom stereocenters. The minimum Gasteiger partial charge on any atom is -0.216 e. The van der Waals surface area contributed by atoms with Crippen LogP contribution >= 0.6 is 0 Å². The van der Waals surface area contributed by atoms with Gasteiger partial charge in [0.15, 0.2) is 0 Å². The predicted molar refractivity (Wildman–Crippen MR) is 53.8 cm³/mol. The van der Waals surface area contributed by atoms with Crippen molar-refractivity contribution in [3.05, 3.63) is 42.5 Å². The molecule has 4 N–H and O–H groups in total. The van der Waals surface area contributed by atoms with Gasteiger partial charge in [-0.1, -0.05) is 43.0 Å². The normalized spacial score (nSPS) is 9.69. The summed E-state index contributed by atoms with van der Waals surface area (Å²) in [5, 5.41) is 8.21. The van der Waals surface area contributed by atoms with E-state index in [4.69, 9.17) is 0 Å². The highest BCUT2D eigenvalue weighted by Gasteiger charge is 1.78. The molecular formula is C8H12N2O2S. The zero-order chi connectivity index (χ0) is 10.3. The first kappa shape index (κ1) is 11.8. The second-order valence-corrected chi connectivity index (χ2v) is 3.38. The molecule has 0 aliphatic rings. The number of hydrogen-bond donors (Lipinski definition) is 2. The molecule has 0 aliphatic heterocycles. The Morgan fingerprint density at radius 1 is 1.15 bits per heavy atom. The quantitative estimate of drug-likeness (QED) is 0.690. The maximum atomic E-state index is 9.19. The van der Waals surface area contributed by atoms with Crippen LogP contribution in [0.3, 0.4) is 0 Å². The smallest absolute Gasteiger partial charge is 0.216 e. The molecule has 0 heterocycles. The van der Waals surface area contributed by atoms with Crippen molar-refractivity contribution in [3.63, 3.8) is 0 Å². The second kappa shape index (κ2) is 5.47. The van der Waals surface area contributed by atoms with E-state index in [2.05, 4.69) is 16.9 Å². The van der Waals surface area contributed by atoms with Gasteiger partial charge >= 0.3 is 0 Å². The van der Waals surface area contributed by atoms with Gasteiger partial charge in [0.1, 0.15) is 0 Å². The fourth-order valence-corrected chi connectivity index (χ4v) is 0.589. The maximum absolute atomic E-state index is 9.19. The highest BCUT2D eigenvalue weighted by molar-refractivity contribution is 7.86. The van der Waals surface area contributed by atoms with Gasteiger partial charge in [-0.25, -0.2) is 10.3 Å². The van der Waals surface area contributed by atoms with Crippen LogP contribution < -0.4 is 10.3 Å². The Balaban J connectivity index is 0.000000252. The zero-order valence-corrected chi connectivity index (χ0v) is 7.87. The van der Waals surface area contributed by atoms with E-state index in [1.807, 2.05) is 36.4 Å². The number of benzene rings is 1. The summed E-state index contributed by atoms with van der Waals surface area (Å²) in [5.41, 5.74) is 1.17. The van der Waals surface area contributed by atoms with E-state index >= 15 is 0 Å². The van der Waals surface area contributed by atoms with Crippen LogP contribution in [-0.4, -0.2) is 8.42 Å². The summed E-state index contributed by atoms with van der Waals surface area (Å²) in [6, 6.07) is 10.0. The van der Waals surface area contributed by atoms with E-state index in [0.29, 0.717) is 0 Å². The molecule has 4 nitrogen and oxygen atoms in total. The van der Waals surface area contributed by atoms with Gasteiger partial charge in [-0.2, -0.15) is 8.42 Å².